The summed E-state index contributed by atoms with van der Waals surface area (Å²) in [5, 5.41) is 0. The molecule has 0 amide bonds. The molecule has 0 spiro atoms. The summed E-state index contributed by atoms with van der Waals surface area (Å²) in [4.78, 5) is 4.35. The van der Waals surface area contributed by atoms with Gasteiger partial charge in [-0.15, -0.1) is 0 Å². The van der Waals surface area contributed by atoms with Gasteiger partial charge in [0.05, 0.1) is 20.5 Å². The molecule has 0 aliphatic heterocycles. The van der Waals surface area contributed by atoms with Crippen LogP contribution in [0.15, 0.2) is 97.6 Å². The number of aromatic nitrogens is 2. The third kappa shape index (κ3) is 2.93. The highest BCUT2D eigenvalue weighted by atomic mass is 16.5. The number of imidazole rings is 1. The Morgan fingerprint density at radius 1 is 0.679 bits per heavy atom. The molecule has 1 heterocycles. The quantitative estimate of drug-likeness (QED) is 0.460. The first-order valence-corrected chi connectivity index (χ1v) is 9.12. The minimum absolute atomic E-state index is 0.573. The summed E-state index contributed by atoms with van der Waals surface area (Å²) in [6.45, 7) is 0. The Bertz CT molecular complexity index is 961. The average molecular weight is 370 g/mol. The molecule has 140 valence electrons. The van der Waals surface area contributed by atoms with Gasteiger partial charge in [-0.2, -0.15) is 0 Å². The number of methoxy groups -OCH3 is 2. The second-order valence-corrected chi connectivity index (χ2v) is 6.50. The first-order valence-electron chi connectivity index (χ1n) is 9.12. The molecule has 0 N–H and O–H groups in total. The lowest BCUT2D eigenvalue weighted by molar-refractivity contribution is 0.413. The summed E-state index contributed by atoms with van der Waals surface area (Å²) in [5.74, 6) is 1.65. The van der Waals surface area contributed by atoms with Gasteiger partial charge in [0.2, 0.25) is 0 Å². The highest BCUT2D eigenvalue weighted by molar-refractivity contribution is 5.52. The summed E-state index contributed by atoms with van der Waals surface area (Å²) in [5.41, 5.74) is 2.80. The van der Waals surface area contributed by atoms with Crippen LogP contribution in [0.5, 0.6) is 11.5 Å². The zero-order valence-electron chi connectivity index (χ0n) is 15.9. The summed E-state index contributed by atoms with van der Waals surface area (Å²) >= 11 is 0. The Labute approximate surface area is 165 Å². The van der Waals surface area contributed by atoms with E-state index in [0.717, 1.165) is 28.2 Å². The van der Waals surface area contributed by atoms with Crippen LogP contribution in [0.25, 0.3) is 0 Å². The number of hydrogen-bond acceptors (Lipinski definition) is 3. The molecule has 4 aromatic rings. The third-order valence-corrected chi connectivity index (χ3v) is 5.10. The zero-order chi connectivity index (χ0) is 19.4. The van der Waals surface area contributed by atoms with E-state index >= 15 is 0 Å². The zero-order valence-corrected chi connectivity index (χ0v) is 15.9. The Balaban J connectivity index is 2.04. The van der Waals surface area contributed by atoms with E-state index in [0.29, 0.717) is 0 Å². The van der Waals surface area contributed by atoms with E-state index < -0.39 is 5.54 Å². The Morgan fingerprint density at radius 2 is 1.18 bits per heavy atom. The van der Waals surface area contributed by atoms with Crippen molar-refractivity contribution >= 4 is 0 Å². The van der Waals surface area contributed by atoms with E-state index in [-0.39, 0.29) is 0 Å². The summed E-state index contributed by atoms with van der Waals surface area (Å²) in [6.07, 6.45) is 5.67. The fourth-order valence-corrected chi connectivity index (χ4v) is 3.75. The molecule has 0 aliphatic rings. The maximum Gasteiger partial charge on any atom is 0.121 e. The second-order valence-electron chi connectivity index (χ2n) is 6.50. The van der Waals surface area contributed by atoms with Crippen molar-refractivity contribution in [1.29, 1.82) is 0 Å². The number of rotatable bonds is 6. The number of nitrogens with zero attached hydrogens (tertiary/aromatic N) is 2. The summed E-state index contributed by atoms with van der Waals surface area (Å²) in [6, 6.07) is 26.9. The largest absolute Gasteiger partial charge is 0.497 e. The first-order chi connectivity index (χ1) is 13.8. The standard InChI is InChI=1S/C24H22N2O2/c1-27-22-12-8-20(9-13-22)24(26-17-16-25-18-26,19-6-4-3-5-7-19)21-10-14-23(28-2)15-11-21/h3-18H,1-2H3. The topological polar surface area (TPSA) is 36.3 Å². The Hall–Kier alpha value is -3.53. The van der Waals surface area contributed by atoms with Crippen molar-refractivity contribution in [2.45, 2.75) is 5.54 Å². The average Bonchev–Trinajstić information content (AvgIpc) is 3.31. The molecule has 0 fully saturated rings. The SMILES string of the molecule is COc1ccc(C(c2ccccc2)(c2ccc(OC)cc2)n2ccnc2)cc1. The van der Waals surface area contributed by atoms with Crippen LogP contribution in [0, 0.1) is 0 Å². The first kappa shape index (κ1) is 17.9. The van der Waals surface area contributed by atoms with Gasteiger partial charge in [-0.3, -0.25) is 0 Å². The van der Waals surface area contributed by atoms with Crippen molar-refractivity contribution in [1.82, 2.24) is 9.55 Å². The van der Waals surface area contributed by atoms with Crippen LogP contribution in [-0.4, -0.2) is 23.8 Å². The van der Waals surface area contributed by atoms with Gasteiger partial charge in [0.15, 0.2) is 0 Å². The molecule has 1 aromatic heterocycles. The van der Waals surface area contributed by atoms with E-state index in [2.05, 4.69) is 58.1 Å². The molecule has 0 radical (unpaired) electrons. The van der Waals surface area contributed by atoms with Gasteiger partial charge in [0.1, 0.15) is 17.0 Å². The molecule has 0 saturated carbocycles. The molecule has 4 heteroatoms. The van der Waals surface area contributed by atoms with Crippen LogP contribution < -0.4 is 9.47 Å². The van der Waals surface area contributed by atoms with Crippen molar-refractivity contribution in [2.75, 3.05) is 14.2 Å². The van der Waals surface area contributed by atoms with Crippen LogP contribution in [0.3, 0.4) is 0 Å². The summed E-state index contributed by atoms with van der Waals surface area (Å²) in [7, 11) is 3.36. The molecular weight excluding hydrogens is 348 g/mol. The predicted octanol–water partition coefficient (Wildman–Crippen LogP) is 4.74. The molecule has 0 saturated heterocycles. The van der Waals surface area contributed by atoms with Gasteiger partial charge >= 0.3 is 0 Å². The van der Waals surface area contributed by atoms with Crippen LogP contribution >= 0.6 is 0 Å². The fraction of sp³-hybridized carbons (Fsp3) is 0.125. The van der Waals surface area contributed by atoms with Gasteiger partial charge in [-0.25, -0.2) is 4.98 Å². The molecule has 0 aliphatic carbocycles. The maximum absolute atomic E-state index is 5.38. The minimum atomic E-state index is -0.573. The normalized spacial score (nSPS) is 11.2. The van der Waals surface area contributed by atoms with Gasteiger partial charge in [0, 0.05) is 12.4 Å². The van der Waals surface area contributed by atoms with Crippen molar-refractivity contribution in [3.05, 3.63) is 114 Å². The third-order valence-electron chi connectivity index (χ3n) is 5.10. The molecule has 4 rings (SSSR count). The fourth-order valence-electron chi connectivity index (χ4n) is 3.75. The van der Waals surface area contributed by atoms with Crippen molar-refractivity contribution in [2.24, 2.45) is 0 Å². The van der Waals surface area contributed by atoms with Crippen molar-refractivity contribution < 1.29 is 9.47 Å². The molecule has 28 heavy (non-hydrogen) atoms. The van der Waals surface area contributed by atoms with Crippen molar-refractivity contribution in [3.8, 4) is 11.5 Å². The van der Waals surface area contributed by atoms with Crippen LogP contribution in [0.1, 0.15) is 16.7 Å². The number of ether oxygens (including phenoxy) is 2. The number of benzene rings is 3. The minimum Gasteiger partial charge on any atom is -0.497 e. The highest BCUT2D eigenvalue weighted by Gasteiger charge is 2.38. The lowest BCUT2D eigenvalue weighted by atomic mass is 9.76. The molecule has 0 bridgehead atoms. The maximum atomic E-state index is 5.38. The van der Waals surface area contributed by atoms with Gasteiger partial charge in [-0.1, -0.05) is 54.6 Å². The number of hydrogen-bond donors (Lipinski definition) is 0. The van der Waals surface area contributed by atoms with Gasteiger partial charge in [-0.05, 0) is 41.0 Å². The van der Waals surface area contributed by atoms with E-state index in [1.165, 1.54) is 0 Å². The molecule has 0 unspecified atom stereocenters. The second kappa shape index (κ2) is 7.61. The predicted molar refractivity (Wildman–Crippen MR) is 110 cm³/mol. The highest BCUT2D eigenvalue weighted by Crippen LogP contribution is 2.41. The van der Waals surface area contributed by atoms with E-state index in [4.69, 9.17) is 9.47 Å². The summed E-state index contributed by atoms with van der Waals surface area (Å²) < 4.78 is 12.9. The molecule has 4 nitrogen and oxygen atoms in total. The Kier molecular flexibility index (Phi) is 4.85. The van der Waals surface area contributed by atoms with E-state index in [1.54, 1.807) is 14.2 Å². The smallest absolute Gasteiger partial charge is 0.121 e. The monoisotopic (exact) mass is 370 g/mol. The van der Waals surface area contributed by atoms with Crippen molar-refractivity contribution in [3.63, 3.8) is 0 Å². The van der Waals surface area contributed by atoms with E-state index in [9.17, 15) is 0 Å². The Morgan fingerprint density at radius 3 is 1.61 bits per heavy atom. The van der Waals surface area contributed by atoms with E-state index in [1.807, 2.05) is 49.1 Å². The molecular formula is C24H22N2O2. The van der Waals surface area contributed by atoms with Gasteiger partial charge in [0.25, 0.3) is 0 Å². The van der Waals surface area contributed by atoms with Crippen LogP contribution in [0.4, 0.5) is 0 Å². The lowest BCUT2D eigenvalue weighted by Gasteiger charge is -2.37. The van der Waals surface area contributed by atoms with Crippen LogP contribution in [-0.2, 0) is 5.54 Å². The molecule has 0 atom stereocenters. The lowest BCUT2D eigenvalue weighted by Crippen LogP contribution is -2.36. The molecule has 3 aromatic carbocycles. The van der Waals surface area contributed by atoms with Crippen LogP contribution in [0.2, 0.25) is 0 Å². The van der Waals surface area contributed by atoms with Gasteiger partial charge < -0.3 is 14.0 Å².